The molecule has 0 bridgehead atoms. The van der Waals surface area contributed by atoms with Gasteiger partial charge >= 0.3 is 5.69 Å². The van der Waals surface area contributed by atoms with Crippen molar-refractivity contribution in [3.05, 3.63) is 28.6 Å². The standard InChI is InChI=1S/C16H14N8O7S/c17-16-19-13-10(18-4-23(13)15-12(27)11(26)6(3-25)30-15)14(20-16)32-7-2-1-5(24(28)29)8-9(7)22-31-21-8/h1-2,4,6,11-12,15,25-27H,3H2,(H2,17,19,20)/t6-,11-,12-,15?/m1/s1. The minimum atomic E-state index is -1.34. The molecule has 0 spiro atoms. The van der Waals surface area contributed by atoms with Crippen LogP contribution in [0.3, 0.4) is 0 Å². The Hall–Kier alpha value is -3.44. The number of aromatic nitrogens is 6. The van der Waals surface area contributed by atoms with Gasteiger partial charge in [-0.05, 0) is 16.4 Å². The Morgan fingerprint density at radius 2 is 1.97 bits per heavy atom. The molecule has 0 saturated carbocycles. The molecule has 32 heavy (non-hydrogen) atoms. The van der Waals surface area contributed by atoms with Crippen molar-refractivity contribution in [1.82, 2.24) is 29.8 Å². The average Bonchev–Trinajstić information content (AvgIpc) is 3.47. The Kier molecular flexibility index (Phi) is 4.86. The second-order valence-electron chi connectivity index (χ2n) is 6.84. The van der Waals surface area contributed by atoms with E-state index >= 15 is 0 Å². The van der Waals surface area contributed by atoms with Gasteiger partial charge in [-0.3, -0.25) is 14.7 Å². The summed E-state index contributed by atoms with van der Waals surface area (Å²) in [5, 5.41) is 48.6. The van der Waals surface area contributed by atoms with Crippen molar-refractivity contribution in [2.45, 2.75) is 34.5 Å². The number of nitrogens with two attached hydrogens (primary N) is 1. The van der Waals surface area contributed by atoms with Crippen LogP contribution >= 0.6 is 11.8 Å². The number of nitrogen functional groups attached to an aromatic ring is 1. The Bertz CT molecular complexity index is 1340. The summed E-state index contributed by atoms with van der Waals surface area (Å²) < 4.78 is 11.6. The zero-order valence-corrected chi connectivity index (χ0v) is 16.7. The van der Waals surface area contributed by atoms with Crippen molar-refractivity contribution in [3.8, 4) is 0 Å². The monoisotopic (exact) mass is 462 g/mol. The van der Waals surface area contributed by atoms with Gasteiger partial charge in [0, 0.05) is 11.0 Å². The minimum Gasteiger partial charge on any atom is -0.394 e. The molecule has 0 radical (unpaired) electrons. The molecule has 1 aromatic carbocycles. The first-order valence-electron chi connectivity index (χ1n) is 9.09. The largest absolute Gasteiger partial charge is 0.394 e. The second kappa shape index (κ2) is 7.61. The van der Waals surface area contributed by atoms with Gasteiger partial charge in [0.1, 0.15) is 28.9 Å². The number of imidazole rings is 1. The summed E-state index contributed by atoms with van der Waals surface area (Å²) in [4.78, 5) is 23.7. The third-order valence-electron chi connectivity index (χ3n) is 4.96. The van der Waals surface area contributed by atoms with Gasteiger partial charge in [0.25, 0.3) is 0 Å². The molecule has 3 aromatic heterocycles. The lowest BCUT2D eigenvalue weighted by atomic mass is 10.1. The number of aliphatic hydroxyl groups is 3. The third-order valence-corrected chi connectivity index (χ3v) is 5.99. The summed E-state index contributed by atoms with van der Waals surface area (Å²) >= 11 is 1.06. The summed E-state index contributed by atoms with van der Waals surface area (Å²) in [6.45, 7) is -0.485. The van der Waals surface area contributed by atoms with Crippen molar-refractivity contribution >= 4 is 45.6 Å². The van der Waals surface area contributed by atoms with Gasteiger partial charge in [0.15, 0.2) is 17.4 Å². The van der Waals surface area contributed by atoms with E-state index < -0.39 is 36.1 Å². The van der Waals surface area contributed by atoms with Crippen LogP contribution in [0.25, 0.3) is 22.2 Å². The highest BCUT2D eigenvalue weighted by molar-refractivity contribution is 7.99. The Labute approximate surface area is 180 Å². The summed E-state index contributed by atoms with van der Waals surface area (Å²) in [6.07, 6.45) is -3.35. The second-order valence-corrected chi connectivity index (χ2v) is 7.87. The Morgan fingerprint density at radius 1 is 1.19 bits per heavy atom. The maximum absolute atomic E-state index is 11.2. The number of benzene rings is 1. The van der Waals surface area contributed by atoms with Crippen LogP contribution in [0.1, 0.15) is 6.23 Å². The van der Waals surface area contributed by atoms with Crippen molar-refractivity contribution in [2.24, 2.45) is 0 Å². The molecule has 4 heterocycles. The molecule has 5 rings (SSSR count). The number of nitrogens with zero attached hydrogens (tertiary/aromatic N) is 7. The lowest BCUT2D eigenvalue weighted by molar-refractivity contribution is -0.383. The summed E-state index contributed by atoms with van der Waals surface area (Å²) in [5.74, 6) is -0.107. The first-order valence-corrected chi connectivity index (χ1v) is 9.90. The van der Waals surface area contributed by atoms with Gasteiger partial charge in [-0.25, -0.2) is 14.6 Å². The number of hydrogen-bond donors (Lipinski definition) is 4. The van der Waals surface area contributed by atoms with Gasteiger partial charge in [-0.15, -0.1) is 0 Å². The first-order chi connectivity index (χ1) is 15.4. The smallest absolute Gasteiger partial charge is 0.300 e. The molecule has 1 fully saturated rings. The van der Waals surface area contributed by atoms with Crippen LogP contribution in [-0.2, 0) is 4.74 Å². The fourth-order valence-electron chi connectivity index (χ4n) is 3.44. The van der Waals surface area contributed by atoms with Crippen molar-refractivity contribution in [3.63, 3.8) is 0 Å². The molecule has 1 aliphatic rings. The van der Waals surface area contributed by atoms with E-state index in [0.29, 0.717) is 15.4 Å². The Morgan fingerprint density at radius 3 is 2.69 bits per heavy atom. The molecule has 4 atom stereocenters. The highest BCUT2D eigenvalue weighted by Gasteiger charge is 2.44. The van der Waals surface area contributed by atoms with Crippen LogP contribution in [0.5, 0.6) is 0 Å². The van der Waals surface area contributed by atoms with Gasteiger partial charge < -0.3 is 25.8 Å². The number of anilines is 1. The van der Waals surface area contributed by atoms with Crippen molar-refractivity contribution < 1.29 is 29.6 Å². The number of fused-ring (bicyclic) bond motifs is 2. The van der Waals surface area contributed by atoms with Crippen LogP contribution in [0.2, 0.25) is 0 Å². The molecule has 16 heteroatoms. The van der Waals surface area contributed by atoms with E-state index in [1.807, 2.05) is 0 Å². The van der Waals surface area contributed by atoms with Gasteiger partial charge in [0.05, 0.1) is 17.9 Å². The molecular formula is C16H14N8O7S. The molecule has 0 aliphatic carbocycles. The normalized spacial score (nSPS) is 23.3. The van der Waals surface area contributed by atoms with Crippen molar-refractivity contribution in [2.75, 3.05) is 12.3 Å². The predicted octanol–water partition coefficient (Wildman–Crippen LogP) is -0.384. The highest BCUT2D eigenvalue weighted by atomic mass is 32.2. The van der Waals surface area contributed by atoms with E-state index in [4.69, 9.17) is 10.5 Å². The molecule has 5 N–H and O–H groups in total. The van der Waals surface area contributed by atoms with E-state index in [-0.39, 0.29) is 28.3 Å². The van der Waals surface area contributed by atoms with Crippen LogP contribution in [0.15, 0.2) is 33.0 Å². The molecule has 15 nitrogen and oxygen atoms in total. The van der Waals surface area contributed by atoms with Crippen LogP contribution < -0.4 is 5.73 Å². The van der Waals surface area contributed by atoms with Crippen molar-refractivity contribution in [1.29, 1.82) is 0 Å². The third kappa shape index (κ3) is 3.12. The van der Waals surface area contributed by atoms with Gasteiger partial charge in [0.2, 0.25) is 11.5 Å². The summed E-state index contributed by atoms with van der Waals surface area (Å²) in [6, 6.07) is 2.75. The number of hydrogen-bond acceptors (Lipinski definition) is 14. The maximum atomic E-state index is 11.2. The lowest BCUT2D eigenvalue weighted by Crippen LogP contribution is -2.33. The molecule has 4 aromatic rings. The maximum Gasteiger partial charge on any atom is 0.300 e. The molecule has 1 unspecified atom stereocenters. The number of rotatable bonds is 5. The zero-order valence-electron chi connectivity index (χ0n) is 15.8. The first kappa shape index (κ1) is 20.5. The molecule has 1 saturated heterocycles. The predicted molar refractivity (Wildman–Crippen MR) is 105 cm³/mol. The fraction of sp³-hybridized carbons (Fsp3) is 0.312. The van der Waals surface area contributed by atoms with Crippen LogP contribution in [0, 0.1) is 10.1 Å². The number of nitro benzene ring substituents is 1. The van der Waals surface area contributed by atoms with Crippen LogP contribution in [-0.4, -0.2) is 75.0 Å². The summed E-state index contributed by atoms with van der Waals surface area (Å²) in [7, 11) is 0. The fourth-order valence-corrected chi connectivity index (χ4v) is 4.39. The Balaban J connectivity index is 1.57. The highest BCUT2D eigenvalue weighted by Crippen LogP contribution is 2.38. The number of ether oxygens (including phenoxy) is 1. The number of nitro groups is 1. The average molecular weight is 462 g/mol. The van der Waals surface area contributed by atoms with E-state index in [0.717, 1.165) is 11.8 Å². The van der Waals surface area contributed by atoms with E-state index in [1.165, 1.54) is 23.0 Å². The lowest BCUT2D eigenvalue weighted by Gasteiger charge is -2.16. The SMILES string of the molecule is Nc1nc(Sc2ccc([N+](=O)[O-])c3nonc23)c2ncn(C3O[C@H](CO)[C@@H](O)[C@H]3O)c2n1. The van der Waals surface area contributed by atoms with E-state index in [9.17, 15) is 25.4 Å². The summed E-state index contributed by atoms with van der Waals surface area (Å²) in [5.41, 5.74) is 6.27. The molecule has 166 valence electrons. The van der Waals surface area contributed by atoms with Crippen LogP contribution in [0.4, 0.5) is 11.6 Å². The van der Waals surface area contributed by atoms with Gasteiger partial charge in [-0.2, -0.15) is 4.98 Å². The number of non-ortho nitro benzene ring substituents is 1. The molecular weight excluding hydrogens is 448 g/mol. The number of aliphatic hydroxyl groups excluding tert-OH is 3. The quantitative estimate of drug-likeness (QED) is 0.169. The van der Waals surface area contributed by atoms with Gasteiger partial charge in [-0.1, -0.05) is 11.8 Å². The van der Waals surface area contributed by atoms with E-state index in [1.54, 1.807) is 0 Å². The zero-order chi connectivity index (χ0) is 22.6. The minimum absolute atomic E-state index is 0.0182. The molecule has 0 amide bonds. The van der Waals surface area contributed by atoms with E-state index in [2.05, 4.69) is 29.9 Å². The molecule has 1 aliphatic heterocycles. The topological polar surface area (TPSA) is 222 Å².